The van der Waals surface area contributed by atoms with Gasteiger partial charge in [-0.25, -0.2) is 5.48 Å². The summed E-state index contributed by atoms with van der Waals surface area (Å²) >= 11 is 0. The second-order valence-corrected chi connectivity index (χ2v) is 8.13. The molecule has 7 heteroatoms. The Morgan fingerprint density at radius 1 is 1.04 bits per heavy atom. The van der Waals surface area contributed by atoms with Gasteiger partial charge in [0.15, 0.2) is 0 Å². The van der Waals surface area contributed by atoms with Crippen molar-refractivity contribution >= 4 is 15.8 Å². The first-order valence-corrected chi connectivity index (χ1v) is 10.1. The fraction of sp³-hybridized carbons (Fsp3) is 0.143. The van der Waals surface area contributed by atoms with Gasteiger partial charge in [-0.1, -0.05) is 23.8 Å². The molecule has 1 N–H and O–H groups in total. The smallest absolute Gasteiger partial charge is 0.317 e. The number of fused-ring (bicyclic) bond motifs is 1. The molecule has 4 rings (SSSR count). The predicted octanol–water partition coefficient (Wildman–Crippen LogP) is 4.29. The van der Waals surface area contributed by atoms with Gasteiger partial charge in [-0.05, 0) is 55.8 Å². The summed E-state index contributed by atoms with van der Waals surface area (Å²) in [4.78, 5) is 0.0873. The number of hydrogen-bond donors (Lipinski definition) is 1. The molecule has 6 nitrogen and oxygen atoms in total. The molecule has 0 saturated heterocycles. The van der Waals surface area contributed by atoms with Crippen LogP contribution in [0.25, 0.3) is 17.0 Å². The number of ether oxygens (including phenoxy) is 1. The van der Waals surface area contributed by atoms with Gasteiger partial charge in [0, 0.05) is 11.1 Å². The fourth-order valence-electron chi connectivity index (χ4n) is 2.92. The second kappa shape index (κ2) is 7.18. The minimum absolute atomic E-state index is 0.0873. The van der Waals surface area contributed by atoms with Gasteiger partial charge >= 0.3 is 10.1 Å². The Bertz CT molecular complexity index is 1130. The van der Waals surface area contributed by atoms with Crippen LogP contribution in [0.3, 0.4) is 0 Å². The highest BCUT2D eigenvalue weighted by molar-refractivity contribution is 7.86. The number of nitrogens with one attached hydrogen (secondary N) is 1. The fourth-order valence-corrected chi connectivity index (χ4v) is 3.68. The van der Waals surface area contributed by atoms with Crippen molar-refractivity contribution in [3.8, 4) is 17.1 Å². The summed E-state index contributed by atoms with van der Waals surface area (Å²) in [5.41, 5.74) is 6.59. The maximum absolute atomic E-state index is 12.5. The lowest BCUT2D eigenvalue weighted by Gasteiger charge is -2.23. The molecule has 28 heavy (non-hydrogen) atoms. The zero-order valence-electron chi connectivity index (χ0n) is 15.4. The van der Waals surface area contributed by atoms with Crippen molar-refractivity contribution in [1.29, 1.82) is 0 Å². The van der Waals surface area contributed by atoms with E-state index in [9.17, 15) is 8.42 Å². The zero-order valence-corrected chi connectivity index (χ0v) is 16.2. The maximum Gasteiger partial charge on any atom is 0.317 e. The molecule has 0 bridgehead atoms. The monoisotopic (exact) mass is 397 g/mol. The first kappa shape index (κ1) is 18.3. The number of rotatable bonds is 5. The molecular formula is C21H19NO5S. The largest absolute Gasteiger partial charge is 0.488 e. The molecule has 2 aromatic carbocycles. The van der Waals surface area contributed by atoms with Gasteiger partial charge in [-0.2, -0.15) is 8.42 Å². The van der Waals surface area contributed by atoms with Crippen molar-refractivity contribution in [1.82, 2.24) is 5.48 Å². The number of benzene rings is 2. The van der Waals surface area contributed by atoms with Crippen LogP contribution in [0.2, 0.25) is 0 Å². The second-order valence-electron chi connectivity index (χ2n) is 6.58. The van der Waals surface area contributed by atoms with E-state index in [-0.39, 0.29) is 4.90 Å². The molecule has 0 fully saturated rings. The van der Waals surface area contributed by atoms with Gasteiger partial charge in [-0.3, -0.25) is 0 Å². The van der Waals surface area contributed by atoms with E-state index in [2.05, 4.69) is 5.48 Å². The van der Waals surface area contributed by atoms with Gasteiger partial charge in [0.1, 0.15) is 18.1 Å². The Morgan fingerprint density at radius 3 is 2.54 bits per heavy atom. The van der Waals surface area contributed by atoms with E-state index in [1.54, 1.807) is 18.4 Å². The number of hydroxylamine groups is 1. The van der Waals surface area contributed by atoms with Crippen LogP contribution in [0.5, 0.6) is 5.75 Å². The average molecular weight is 397 g/mol. The van der Waals surface area contributed by atoms with Crippen LogP contribution < -0.4 is 10.2 Å². The number of aryl methyl sites for hydroxylation is 1. The minimum atomic E-state index is -3.95. The maximum atomic E-state index is 12.5. The van der Waals surface area contributed by atoms with Gasteiger partial charge in [0.2, 0.25) is 0 Å². The molecule has 1 aliphatic rings. The van der Waals surface area contributed by atoms with Gasteiger partial charge in [-0.15, -0.1) is 4.28 Å². The molecule has 0 atom stereocenters. The summed E-state index contributed by atoms with van der Waals surface area (Å²) in [5, 5.41) is 0. The van der Waals surface area contributed by atoms with Gasteiger partial charge in [0.25, 0.3) is 0 Å². The van der Waals surface area contributed by atoms with Crippen molar-refractivity contribution in [2.75, 3.05) is 6.61 Å². The minimum Gasteiger partial charge on any atom is -0.488 e. The molecular weight excluding hydrogens is 378 g/mol. The van der Waals surface area contributed by atoms with Crippen LogP contribution in [0.4, 0.5) is 0 Å². The summed E-state index contributed by atoms with van der Waals surface area (Å²) in [5.74, 6) is 1.35. The lowest BCUT2D eigenvalue weighted by Crippen LogP contribution is -2.24. The summed E-state index contributed by atoms with van der Waals surface area (Å²) in [6.07, 6.45) is 1.61. The molecule has 0 unspecified atom stereocenters. The molecule has 3 aromatic rings. The molecule has 2 heterocycles. The Balaban J connectivity index is 1.59. The zero-order chi connectivity index (χ0) is 19.7. The SMILES string of the molecule is CC1=C(NOS(=O)(=O)c2ccc(C)cc2)c2ccc(-c3ccco3)cc2OC1. The highest BCUT2D eigenvalue weighted by Crippen LogP contribution is 2.35. The lowest BCUT2D eigenvalue weighted by atomic mass is 10.0. The first-order chi connectivity index (χ1) is 13.4. The summed E-state index contributed by atoms with van der Waals surface area (Å²) in [6.45, 7) is 4.07. The third-order valence-electron chi connectivity index (χ3n) is 4.49. The highest BCUT2D eigenvalue weighted by atomic mass is 32.2. The Labute approximate surface area is 163 Å². The topological polar surface area (TPSA) is 77.8 Å². The molecule has 0 amide bonds. The average Bonchev–Trinajstić information content (AvgIpc) is 3.22. The summed E-state index contributed by atoms with van der Waals surface area (Å²) in [6, 6.07) is 15.7. The van der Waals surface area contributed by atoms with Crippen LogP contribution in [-0.2, 0) is 14.4 Å². The third kappa shape index (κ3) is 3.54. The van der Waals surface area contributed by atoms with E-state index in [0.29, 0.717) is 18.1 Å². The van der Waals surface area contributed by atoms with E-state index in [1.165, 1.54) is 12.1 Å². The Kier molecular flexibility index (Phi) is 4.70. The predicted molar refractivity (Wildman–Crippen MR) is 105 cm³/mol. The van der Waals surface area contributed by atoms with Crippen LogP contribution in [0.1, 0.15) is 18.1 Å². The molecule has 1 aromatic heterocycles. The van der Waals surface area contributed by atoms with Gasteiger partial charge < -0.3 is 9.15 Å². The molecule has 144 valence electrons. The van der Waals surface area contributed by atoms with Crippen molar-refractivity contribution in [2.24, 2.45) is 0 Å². The van der Waals surface area contributed by atoms with Crippen molar-refractivity contribution in [3.63, 3.8) is 0 Å². The van der Waals surface area contributed by atoms with E-state index >= 15 is 0 Å². The third-order valence-corrected chi connectivity index (χ3v) is 5.64. The summed E-state index contributed by atoms with van der Waals surface area (Å²) in [7, 11) is -3.95. The van der Waals surface area contributed by atoms with Crippen molar-refractivity contribution < 1.29 is 21.9 Å². The van der Waals surface area contributed by atoms with Crippen LogP contribution in [0, 0.1) is 6.92 Å². The summed E-state index contributed by atoms with van der Waals surface area (Å²) < 4.78 is 41.3. The van der Waals surface area contributed by atoms with Gasteiger partial charge in [0.05, 0.1) is 16.9 Å². The van der Waals surface area contributed by atoms with E-state index in [1.807, 2.05) is 44.2 Å². The highest BCUT2D eigenvalue weighted by Gasteiger charge is 2.22. The number of hydrogen-bond acceptors (Lipinski definition) is 6. The first-order valence-electron chi connectivity index (χ1n) is 8.71. The van der Waals surface area contributed by atoms with E-state index in [4.69, 9.17) is 13.4 Å². The van der Waals surface area contributed by atoms with E-state index in [0.717, 1.165) is 28.0 Å². The molecule has 0 radical (unpaired) electrons. The molecule has 1 aliphatic heterocycles. The quantitative estimate of drug-likeness (QED) is 0.647. The Hall–Kier alpha value is -3.03. The van der Waals surface area contributed by atoms with Crippen molar-refractivity contribution in [3.05, 3.63) is 77.6 Å². The normalized spacial score (nSPS) is 13.8. The number of furan rings is 1. The van der Waals surface area contributed by atoms with Crippen LogP contribution >= 0.6 is 0 Å². The standard InChI is InChI=1S/C21H19NO5S/c1-14-5-8-17(9-6-14)28(23,24)27-22-21-15(2)13-26-20-12-16(7-10-18(20)21)19-4-3-11-25-19/h3-12,22H,13H2,1-2H3. The van der Waals surface area contributed by atoms with E-state index < -0.39 is 10.1 Å². The molecule has 0 spiro atoms. The molecule has 0 aliphatic carbocycles. The molecule has 0 saturated carbocycles. The lowest BCUT2D eigenvalue weighted by molar-refractivity contribution is 0.252. The van der Waals surface area contributed by atoms with Crippen LogP contribution in [-0.4, -0.2) is 15.0 Å². The van der Waals surface area contributed by atoms with Crippen LogP contribution in [0.15, 0.2) is 75.7 Å². The van der Waals surface area contributed by atoms with Crippen molar-refractivity contribution in [2.45, 2.75) is 18.7 Å². The Morgan fingerprint density at radius 2 is 1.82 bits per heavy atom.